The van der Waals surface area contributed by atoms with Crippen LogP contribution in [0.1, 0.15) is 30.1 Å². The number of ketones is 1. The lowest BCUT2D eigenvalue weighted by Crippen LogP contribution is -1.98. The van der Waals surface area contributed by atoms with E-state index in [1.54, 1.807) is 0 Å². The minimum Gasteiger partial charge on any atom is -0.433 e. The summed E-state index contributed by atoms with van der Waals surface area (Å²) in [5.74, 6) is -1.91. The van der Waals surface area contributed by atoms with E-state index in [0.29, 0.717) is 18.4 Å². The van der Waals surface area contributed by atoms with Crippen molar-refractivity contribution in [3.8, 4) is 11.5 Å². The van der Waals surface area contributed by atoms with Gasteiger partial charge in [-0.2, -0.15) is 4.98 Å². The van der Waals surface area contributed by atoms with Crippen molar-refractivity contribution in [1.29, 1.82) is 0 Å². The monoisotopic (exact) mass is 302 g/mol. The van der Waals surface area contributed by atoms with Crippen molar-refractivity contribution in [3.05, 3.63) is 47.7 Å². The molecule has 0 radical (unpaired) electrons. The van der Waals surface area contributed by atoms with Crippen molar-refractivity contribution in [3.63, 3.8) is 0 Å². The van der Waals surface area contributed by atoms with Gasteiger partial charge in [-0.05, 0) is 24.6 Å². The van der Waals surface area contributed by atoms with Gasteiger partial charge in [0.2, 0.25) is 5.89 Å². The van der Waals surface area contributed by atoms with Gasteiger partial charge in [0, 0.05) is 12.6 Å². The van der Waals surface area contributed by atoms with Crippen LogP contribution in [-0.2, 0) is 0 Å². The number of halogens is 2. The van der Waals surface area contributed by atoms with Crippen LogP contribution in [0.25, 0.3) is 22.7 Å². The molecule has 0 aliphatic heterocycles. The van der Waals surface area contributed by atoms with Gasteiger partial charge < -0.3 is 4.42 Å². The summed E-state index contributed by atoms with van der Waals surface area (Å²) in [5.41, 5.74) is 0.259. The second kappa shape index (κ2) is 5.63. The third-order valence-corrected chi connectivity index (χ3v) is 3.25. The fraction of sp³-hybridized carbons (Fsp3) is 0.188. The molecule has 1 aromatic carbocycles. The number of hydrogen-bond acceptors (Lipinski definition) is 4. The van der Waals surface area contributed by atoms with Crippen molar-refractivity contribution < 1.29 is 18.0 Å². The topological polar surface area (TPSA) is 56.0 Å². The lowest BCUT2D eigenvalue weighted by atomic mass is 10.1. The van der Waals surface area contributed by atoms with Gasteiger partial charge in [0.05, 0.1) is 5.56 Å². The van der Waals surface area contributed by atoms with Crippen molar-refractivity contribution in [2.24, 2.45) is 0 Å². The molecule has 0 N–H and O–H groups in total. The fourth-order valence-electron chi connectivity index (χ4n) is 2.22. The predicted octanol–water partition coefficient (Wildman–Crippen LogP) is 4.15. The van der Waals surface area contributed by atoms with Crippen molar-refractivity contribution in [2.45, 2.75) is 19.8 Å². The number of carbonyl (C=O) groups is 1. The molecule has 22 heavy (non-hydrogen) atoms. The minimum absolute atomic E-state index is 0.119. The summed E-state index contributed by atoms with van der Waals surface area (Å²) < 4.78 is 33.1. The van der Waals surface area contributed by atoms with E-state index in [2.05, 4.69) is 9.97 Å². The lowest BCUT2D eigenvalue weighted by Gasteiger charge is -1.99. The van der Waals surface area contributed by atoms with Crippen LogP contribution < -0.4 is 0 Å². The number of pyridine rings is 1. The van der Waals surface area contributed by atoms with Crippen LogP contribution >= 0.6 is 0 Å². The SMILES string of the molecule is CCCC(=O)c1ccnc2nc(-c3c(F)cccc3F)oc12. The van der Waals surface area contributed by atoms with E-state index >= 15 is 0 Å². The van der Waals surface area contributed by atoms with Crippen molar-refractivity contribution in [1.82, 2.24) is 9.97 Å². The number of benzene rings is 1. The maximum Gasteiger partial charge on any atom is 0.234 e. The molecule has 0 spiro atoms. The summed E-state index contributed by atoms with van der Waals surface area (Å²) in [6.07, 6.45) is 2.46. The maximum atomic E-state index is 13.8. The molecule has 3 rings (SSSR count). The number of Topliss-reactive ketones (excluding diaryl/α,β-unsaturated/α-hetero) is 1. The zero-order valence-electron chi connectivity index (χ0n) is 11.8. The molecule has 3 aromatic rings. The molecular weight excluding hydrogens is 290 g/mol. The molecule has 4 nitrogen and oxygen atoms in total. The zero-order valence-corrected chi connectivity index (χ0v) is 11.8. The number of carbonyl (C=O) groups excluding carboxylic acids is 1. The molecule has 0 unspecified atom stereocenters. The highest BCUT2D eigenvalue weighted by Gasteiger charge is 2.21. The van der Waals surface area contributed by atoms with E-state index in [1.807, 2.05) is 6.92 Å². The molecule has 0 aliphatic carbocycles. The van der Waals surface area contributed by atoms with Gasteiger partial charge in [0.15, 0.2) is 17.0 Å². The molecule has 2 aromatic heterocycles. The Kier molecular flexibility index (Phi) is 3.66. The second-order valence-corrected chi connectivity index (χ2v) is 4.80. The van der Waals surface area contributed by atoms with Crippen LogP contribution in [0.2, 0.25) is 0 Å². The molecule has 0 bridgehead atoms. The molecule has 112 valence electrons. The van der Waals surface area contributed by atoms with Crippen molar-refractivity contribution in [2.75, 3.05) is 0 Å². The smallest absolute Gasteiger partial charge is 0.234 e. The van der Waals surface area contributed by atoms with Crippen LogP contribution in [-0.4, -0.2) is 15.8 Å². The molecule has 0 atom stereocenters. The van der Waals surface area contributed by atoms with Crippen molar-refractivity contribution >= 4 is 17.0 Å². The molecule has 0 fully saturated rings. The third-order valence-electron chi connectivity index (χ3n) is 3.25. The number of hydrogen-bond donors (Lipinski definition) is 0. The summed E-state index contributed by atoms with van der Waals surface area (Å²) in [4.78, 5) is 20.1. The standard InChI is InChI=1S/C16H12F2N2O2/c1-2-4-12(21)9-7-8-19-15-14(9)22-16(20-15)13-10(17)5-3-6-11(13)18/h3,5-8H,2,4H2,1H3. The van der Waals surface area contributed by atoms with Gasteiger partial charge in [-0.15, -0.1) is 0 Å². The predicted molar refractivity (Wildman–Crippen MR) is 76.4 cm³/mol. The van der Waals surface area contributed by atoms with E-state index in [0.717, 1.165) is 12.1 Å². The van der Waals surface area contributed by atoms with Gasteiger partial charge in [-0.3, -0.25) is 4.79 Å². The first-order valence-corrected chi connectivity index (χ1v) is 6.85. The van der Waals surface area contributed by atoms with E-state index in [9.17, 15) is 13.6 Å². The largest absolute Gasteiger partial charge is 0.433 e. The number of oxazole rings is 1. The quantitative estimate of drug-likeness (QED) is 0.679. The van der Waals surface area contributed by atoms with Crippen LogP contribution in [0.4, 0.5) is 8.78 Å². The van der Waals surface area contributed by atoms with Gasteiger partial charge in [0.25, 0.3) is 0 Å². The Morgan fingerprint density at radius 3 is 2.64 bits per heavy atom. The van der Waals surface area contributed by atoms with Crippen LogP contribution in [0.5, 0.6) is 0 Å². The summed E-state index contributed by atoms with van der Waals surface area (Å²) >= 11 is 0. The van der Waals surface area contributed by atoms with Gasteiger partial charge in [-0.25, -0.2) is 13.8 Å². The molecule has 0 aliphatic rings. The summed E-state index contributed by atoms with van der Waals surface area (Å²) in [6, 6.07) is 5.01. The first kappa shape index (κ1) is 14.3. The van der Waals surface area contributed by atoms with Gasteiger partial charge >= 0.3 is 0 Å². The van der Waals surface area contributed by atoms with Crippen LogP contribution in [0, 0.1) is 11.6 Å². The highest BCUT2D eigenvalue weighted by molar-refractivity contribution is 6.04. The summed E-state index contributed by atoms with van der Waals surface area (Å²) in [7, 11) is 0. The minimum atomic E-state index is -0.784. The highest BCUT2D eigenvalue weighted by Crippen LogP contribution is 2.29. The zero-order chi connectivity index (χ0) is 15.7. The Balaban J connectivity index is 2.19. The normalized spacial score (nSPS) is 11.0. The Labute approximate surface area is 124 Å². The summed E-state index contributed by atoms with van der Waals surface area (Å²) in [6.45, 7) is 1.89. The van der Waals surface area contributed by atoms with E-state index in [4.69, 9.17) is 4.42 Å². The first-order valence-electron chi connectivity index (χ1n) is 6.85. The maximum absolute atomic E-state index is 13.8. The van der Waals surface area contributed by atoms with E-state index in [1.165, 1.54) is 18.3 Å². The van der Waals surface area contributed by atoms with E-state index in [-0.39, 0.29) is 28.5 Å². The van der Waals surface area contributed by atoms with Gasteiger partial charge in [-0.1, -0.05) is 13.0 Å². The molecule has 6 heteroatoms. The third kappa shape index (κ3) is 2.36. The van der Waals surface area contributed by atoms with Crippen LogP contribution in [0.15, 0.2) is 34.9 Å². The Morgan fingerprint density at radius 2 is 1.95 bits per heavy atom. The average Bonchev–Trinajstić information content (AvgIpc) is 2.90. The first-order chi connectivity index (χ1) is 10.6. The fourth-order valence-corrected chi connectivity index (χ4v) is 2.22. The molecule has 0 amide bonds. The molecule has 2 heterocycles. The second-order valence-electron chi connectivity index (χ2n) is 4.80. The molecular formula is C16H12F2N2O2. The van der Waals surface area contributed by atoms with E-state index < -0.39 is 11.6 Å². The molecule has 0 saturated carbocycles. The number of aromatic nitrogens is 2. The molecule has 0 saturated heterocycles. The number of rotatable bonds is 4. The Morgan fingerprint density at radius 1 is 1.23 bits per heavy atom. The van der Waals surface area contributed by atoms with Gasteiger partial charge in [0.1, 0.15) is 17.2 Å². The average molecular weight is 302 g/mol. The Hall–Kier alpha value is -2.63. The lowest BCUT2D eigenvalue weighted by molar-refractivity contribution is 0.0982. The number of nitrogens with zero attached hydrogens (tertiary/aromatic N) is 2. The summed E-state index contributed by atoms with van der Waals surface area (Å²) in [5, 5.41) is 0. The number of fused-ring (bicyclic) bond motifs is 1. The Bertz CT molecular complexity index is 838. The van der Waals surface area contributed by atoms with Crippen LogP contribution in [0.3, 0.4) is 0 Å². The highest BCUT2D eigenvalue weighted by atomic mass is 19.1.